The van der Waals surface area contributed by atoms with Crippen LogP contribution in [-0.4, -0.2) is 30.8 Å². The quantitative estimate of drug-likeness (QED) is 0.666. The van der Waals surface area contributed by atoms with Crippen molar-refractivity contribution in [2.24, 2.45) is 0 Å². The van der Waals surface area contributed by atoms with Gasteiger partial charge in [-0.2, -0.15) is 5.10 Å². The molecule has 2 rings (SSSR count). The van der Waals surface area contributed by atoms with E-state index in [0.717, 1.165) is 23.5 Å². The van der Waals surface area contributed by atoms with Crippen LogP contribution in [0.25, 0.3) is 5.82 Å². The number of nitrogens with zero attached hydrogens (tertiary/aromatic N) is 4. The van der Waals surface area contributed by atoms with Gasteiger partial charge in [-0.15, -0.1) is 0 Å². The number of pyridine rings is 1. The molecule has 0 aromatic carbocycles. The smallest absolute Gasteiger partial charge is 0.354 e. The molecule has 0 aliphatic carbocycles. The Morgan fingerprint density at radius 3 is 2.62 bits per heavy atom. The van der Waals surface area contributed by atoms with E-state index in [2.05, 4.69) is 10.1 Å². The van der Waals surface area contributed by atoms with Crippen LogP contribution >= 0.6 is 0 Å². The van der Waals surface area contributed by atoms with Crippen molar-refractivity contribution in [1.29, 1.82) is 0 Å². The zero-order valence-electron chi connectivity index (χ0n) is 11.6. The summed E-state index contributed by atoms with van der Waals surface area (Å²) in [6.07, 6.45) is 1.27. The molecule has 0 atom stereocenters. The van der Waals surface area contributed by atoms with Crippen LogP contribution in [0.2, 0.25) is 0 Å². The largest absolute Gasteiger partial charge is 0.477 e. The van der Waals surface area contributed by atoms with Crippen molar-refractivity contribution in [2.45, 2.75) is 26.7 Å². The molecule has 110 valence electrons. The third-order valence-electron chi connectivity index (χ3n) is 3.03. The van der Waals surface area contributed by atoms with Gasteiger partial charge in [0.2, 0.25) is 5.82 Å². The van der Waals surface area contributed by atoms with Gasteiger partial charge in [0, 0.05) is 11.8 Å². The monoisotopic (exact) mass is 290 g/mol. The number of aryl methyl sites for hydroxylation is 2. The van der Waals surface area contributed by atoms with Crippen LogP contribution in [0.4, 0.5) is 5.69 Å². The highest BCUT2D eigenvalue weighted by Crippen LogP contribution is 2.23. The van der Waals surface area contributed by atoms with Crippen LogP contribution in [0.1, 0.15) is 35.7 Å². The maximum atomic E-state index is 11.1. The Kier molecular flexibility index (Phi) is 3.97. The lowest BCUT2D eigenvalue weighted by Crippen LogP contribution is -2.11. The van der Waals surface area contributed by atoms with E-state index >= 15 is 0 Å². The molecule has 0 saturated carbocycles. The first kappa shape index (κ1) is 14.6. The van der Waals surface area contributed by atoms with Crippen molar-refractivity contribution in [2.75, 3.05) is 0 Å². The molecule has 0 fully saturated rings. The zero-order valence-corrected chi connectivity index (χ0v) is 11.6. The average molecular weight is 290 g/mol. The van der Waals surface area contributed by atoms with Crippen LogP contribution in [-0.2, 0) is 12.8 Å². The maximum Gasteiger partial charge on any atom is 0.354 e. The summed E-state index contributed by atoms with van der Waals surface area (Å²) in [6.45, 7) is 3.81. The minimum atomic E-state index is -1.24. The molecule has 0 amide bonds. The fraction of sp³-hybridized carbons (Fsp3) is 0.308. The van der Waals surface area contributed by atoms with E-state index in [9.17, 15) is 14.9 Å². The third kappa shape index (κ3) is 2.73. The first-order valence-corrected chi connectivity index (χ1v) is 6.44. The Morgan fingerprint density at radius 2 is 2.10 bits per heavy atom. The van der Waals surface area contributed by atoms with E-state index in [0.29, 0.717) is 12.8 Å². The Hall–Kier alpha value is -2.77. The summed E-state index contributed by atoms with van der Waals surface area (Å²) in [4.78, 5) is 25.4. The van der Waals surface area contributed by atoms with Crippen molar-refractivity contribution in [3.63, 3.8) is 0 Å². The second-order valence-corrected chi connectivity index (χ2v) is 4.35. The molecule has 0 aliphatic heterocycles. The van der Waals surface area contributed by atoms with E-state index in [4.69, 9.17) is 5.11 Å². The van der Waals surface area contributed by atoms with Crippen molar-refractivity contribution >= 4 is 11.7 Å². The van der Waals surface area contributed by atoms with Gasteiger partial charge < -0.3 is 5.11 Å². The molecule has 2 aromatic rings. The standard InChI is InChI=1S/C13H14N4O4/c1-3-8-7-9(4-2)16(15-8)12-11(17(20)21)6-5-10(14-12)13(18)19/h5-7H,3-4H2,1-2H3,(H,18,19). The van der Waals surface area contributed by atoms with E-state index in [1.807, 2.05) is 19.9 Å². The average Bonchev–Trinajstić information content (AvgIpc) is 2.89. The molecule has 1 N–H and O–H groups in total. The molecular formula is C13H14N4O4. The highest BCUT2D eigenvalue weighted by molar-refractivity contribution is 5.86. The van der Waals surface area contributed by atoms with Crippen LogP contribution in [0, 0.1) is 10.1 Å². The molecule has 8 heteroatoms. The van der Waals surface area contributed by atoms with Crippen LogP contribution in [0.3, 0.4) is 0 Å². The predicted molar refractivity (Wildman–Crippen MR) is 73.7 cm³/mol. The number of carbonyl (C=O) groups is 1. The molecule has 0 saturated heterocycles. The topological polar surface area (TPSA) is 111 Å². The summed E-state index contributed by atoms with van der Waals surface area (Å²) in [5, 5.41) is 24.4. The van der Waals surface area contributed by atoms with Gasteiger partial charge in [-0.3, -0.25) is 10.1 Å². The summed E-state index contributed by atoms with van der Waals surface area (Å²) < 4.78 is 1.35. The Morgan fingerprint density at radius 1 is 1.38 bits per heavy atom. The summed E-state index contributed by atoms with van der Waals surface area (Å²) in [6, 6.07) is 4.08. The van der Waals surface area contributed by atoms with Crippen molar-refractivity contribution in [3.8, 4) is 5.82 Å². The fourth-order valence-electron chi connectivity index (χ4n) is 1.94. The van der Waals surface area contributed by atoms with Gasteiger partial charge >= 0.3 is 11.7 Å². The van der Waals surface area contributed by atoms with E-state index in [-0.39, 0.29) is 17.2 Å². The number of aromatic carboxylic acids is 1. The van der Waals surface area contributed by atoms with Crippen LogP contribution in [0.15, 0.2) is 18.2 Å². The molecule has 0 spiro atoms. The molecule has 2 aromatic heterocycles. The second kappa shape index (κ2) is 5.70. The van der Waals surface area contributed by atoms with Gasteiger partial charge in [0.25, 0.3) is 0 Å². The number of nitro groups is 1. The van der Waals surface area contributed by atoms with Crippen molar-refractivity contribution < 1.29 is 14.8 Å². The number of carboxylic acid groups (broad SMARTS) is 1. The SMILES string of the molecule is CCc1cc(CC)n(-c2nc(C(=O)O)ccc2[N+](=O)[O-])n1. The number of hydrogen-bond donors (Lipinski definition) is 1. The zero-order chi connectivity index (χ0) is 15.6. The Bertz CT molecular complexity index is 708. The first-order valence-electron chi connectivity index (χ1n) is 6.44. The van der Waals surface area contributed by atoms with Gasteiger partial charge in [0.15, 0.2) is 5.69 Å². The molecule has 0 bridgehead atoms. The minimum Gasteiger partial charge on any atom is -0.477 e. The maximum absolute atomic E-state index is 11.1. The van der Waals surface area contributed by atoms with Gasteiger partial charge in [0.1, 0.15) is 0 Å². The van der Waals surface area contributed by atoms with Crippen molar-refractivity contribution in [1.82, 2.24) is 14.8 Å². The lowest BCUT2D eigenvalue weighted by molar-refractivity contribution is -0.385. The molecule has 2 heterocycles. The van der Waals surface area contributed by atoms with Gasteiger partial charge in [-0.25, -0.2) is 14.5 Å². The predicted octanol–water partition coefficient (Wildman–Crippen LogP) is 2.00. The molecule has 0 unspecified atom stereocenters. The number of hydrogen-bond acceptors (Lipinski definition) is 5. The highest BCUT2D eigenvalue weighted by atomic mass is 16.6. The normalized spacial score (nSPS) is 10.6. The van der Waals surface area contributed by atoms with Gasteiger partial charge in [-0.05, 0) is 25.0 Å². The van der Waals surface area contributed by atoms with Crippen LogP contribution in [0.5, 0.6) is 0 Å². The number of aromatic nitrogens is 3. The molecule has 0 aliphatic rings. The highest BCUT2D eigenvalue weighted by Gasteiger charge is 2.22. The van der Waals surface area contributed by atoms with E-state index in [1.54, 1.807) is 0 Å². The molecular weight excluding hydrogens is 276 g/mol. The second-order valence-electron chi connectivity index (χ2n) is 4.35. The summed E-state index contributed by atoms with van der Waals surface area (Å²) >= 11 is 0. The lowest BCUT2D eigenvalue weighted by Gasteiger charge is -2.06. The molecule has 0 radical (unpaired) electrons. The molecule has 8 nitrogen and oxygen atoms in total. The number of carboxylic acids is 1. The molecule has 21 heavy (non-hydrogen) atoms. The van der Waals surface area contributed by atoms with Gasteiger partial charge in [0.05, 0.1) is 10.6 Å². The number of rotatable bonds is 5. The minimum absolute atomic E-state index is 0.0727. The Labute approximate surface area is 120 Å². The Balaban J connectivity index is 2.70. The van der Waals surface area contributed by atoms with Gasteiger partial charge in [-0.1, -0.05) is 13.8 Å². The fourth-order valence-corrected chi connectivity index (χ4v) is 1.94. The van der Waals surface area contributed by atoms with Crippen LogP contribution < -0.4 is 0 Å². The summed E-state index contributed by atoms with van der Waals surface area (Å²) in [5.74, 6) is -1.32. The van der Waals surface area contributed by atoms with Crippen molar-refractivity contribution in [3.05, 3.63) is 45.4 Å². The third-order valence-corrected chi connectivity index (χ3v) is 3.03. The summed E-state index contributed by atoms with van der Waals surface area (Å²) in [5.41, 5.74) is 0.973. The lowest BCUT2D eigenvalue weighted by atomic mass is 10.2. The van der Waals surface area contributed by atoms with E-state index in [1.165, 1.54) is 4.68 Å². The van der Waals surface area contributed by atoms with E-state index < -0.39 is 10.9 Å². The summed E-state index contributed by atoms with van der Waals surface area (Å²) in [7, 11) is 0. The first-order chi connectivity index (χ1) is 9.97.